The number of hydrogen-bond acceptors (Lipinski definition) is 2. The second-order valence-corrected chi connectivity index (χ2v) is 5.25. The first-order valence-corrected chi connectivity index (χ1v) is 6.51. The monoisotopic (exact) mass is 248 g/mol. The van der Waals surface area contributed by atoms with E-state index >= 15 is 0 Å². The maximum Gasteiger partial charge on any atom is 0.231 e. The second-order valence-electron chi connectivity index (χ2n) is 5.25. The summed E-state index contributed by atoms with van der Waals surface area (Å²) in [5, 5.41) is 6.01. The van der Waals surface area contributed by atoms with Crippen LogP contribution in [0.15, 0.2) is 12.1 Å². The van der Waals surface area contributed by atoms with Gasteiger partial charge in [0.2, 0.25) is 5.91 Å². The van der Waals surface area contributed by atoms with E-state index in [4.69, 9.17) is 0 Å². The molecule has 3 nitrogen and oxygen atoms in total. The van der Waals surface area contributed by atoms with Crippen molar-refractivity contribution in [2.24, 2.45) is 0 Å². The average molecular weight is 248 g/mol. The third-order valence-corrected chi connectivity index (χ3v) is 3.93. The van der Waals surface area contributed by atoms with Crippen LogP contribution in [0.5, 0.6) is 0 Å². The fraction of sp³-hybridized carbons (Fsp3) is 0.500. The summed E-state index contributed by atoms with van der Waals surface area (Å²) in [4.78, 5) is 11.5. The van der Waals surface area contributed by atoms with E-state index in [2.05, 4.69) is 10.6 Å². The van der Waals surface area contributed by atoms with Gasteiger partial charge in [-0.05, 0) is 49.9 Å². The fourth-order valence-electron chi connectivity index (χ4n) is 2.87. The lowest BCUT2D eigenvalue weighted by atomic mass is 9.97. The van der Waals surface area contributed by atoms with Crippen LogP contribution in [0, 0.1) is 5.82 Å². The van der Waals surface area contributed by atoms with Gasteiger partial charge < -0.3 is 10.6 Å². The van der Waals surface area contributed by atoms with Crippen LogP contribution in [0.4, 0.5) is 10.1 Å². The van der Waals surface area contributed by atoms with Gasteiger partial charge in [0.1, 0.15) is 5.82 Å². The van der Waals surface area contributed by atoms with Gasteiger partial charge in [-0.15, -0.1) is 0 Å². The summed E-state index contributed by atoms with van der Waals surface area (Å²) in [5.41, 5.74) is 2.15. The first-order valence-electron chi connectivity index (χ1n) is 6.51. The van der Waals surface area contributed by atoms with Crippen LogP contribution in [0.3, 0.4) is 0 Å². The Morgan fingerprint density at radius 3 is 3.00 bits per heavy atom. The van der Waals surface area contributed by atoms with Crippen LogP contribution in [0.1, 0.15) is 36.8 Å². The van der Waals surface area contributed by atoms with E-state index in [9.17, 15) is 9.18 Å². The third-order valence-electron chi connectivity index (χ3n) is 3.93. The van der Waals surface area contributed by atoms with Gasteiger partial charge in [0.25, 0.3) is 0 Å². The Labute approximate surface area is 106 Å². The molecule has 1 saturated heterocycles. The molecule has 0 aromatic heterocycles. The summed E-state index contributed by atoms with van der Waals surface area (Å²) in [5.74, 6) is -0.663. The largest absolute Gasteiger partial charge is 0.323 e. The van der Waals surface area contributed by atoms with E-state index in [1.54, 1.807) is 6.07 Å². The minimum atomic E-state index is -0.307. The lowest BCUT2D eigenvalue weighted by Crippen LogP contribution is -2.23. The molecule has 0 saturated carbocycles. The fourth-order valence-corrected chi connectivity index (χ4v) is 2.87. The molecule has 2 N–H and O–H groups in total. The molecule has 0 bridgehead atoms. The highest BCUT2D eigenvalue weighted by Gasteiger charge is 2.29. The van der Waals surface area contributed by atoms with E-state index < -0.39 is 0 Å². The molecule has 2 atom stereocenters. The number of anilines is 1. The van der Waals surface area contributed by atoms with Gasteiger partial charge >= 0.3 is 0 Å². The SMILES string of the molecule is CC1C(=O)Nc2c(F)cc(CC3CCCN3)cc21. The van der Waals surface area contributed by atoms with Crippen LogP contribution in [0.25, 0.3) is 0 Å². The number of amides is 1. The first kappa shape index (κ1) is 11.7. The first-order chi connectivity index (χ1) is 8.65. The predicted octanol–water partition coefficient (Wildman–Crippen LogP) is 2.18. The topological polar surface area (TPSA) is 41.1 Å². The molecule has 18 heavy (non-hydrogen) atoms. The molecular weight excluding hydrogens is 231 g/mol. The van der Waals surface area contributed by atoms with Crippen molar-refractivity contribution in [1.82, 2.24) is 5.32 Å². The Bertz CT molecular complexity index is 495. The second kappa shape index (κ2) is 4.35. The molecule has 1 amide bonds. The molecule has 2 heterocycles. The van der Waals surface area contributed by atoms with Gasteiger partial charge in [0.05, 0.1) is 11.6 Å². The minimum Gasteiger partial charge on any atom is -0.323 e. The molecule has 0 spiro atoms. The highest BCUT2D eigenvalue weighted by atomic mass is 19.1. The molecule has 4 heteroatoms. The van der Waals surface area contributed by atoms with Crippen molar-refractivity contribution in [3.63, 3.8) is 0 Å². The Hall–Kier alpha value is -1.42. The van der Waals surface area contributed by atoms with Gasteiger partial charge in [0, 0.05) is 6.04 Å². The van der Waals surface area contributed by atoms with Crippen molar-refractivity contribution in [3.8, 4) is 0 Å². The van der Waals surface area contributed by atoms with Crippen molar-refractivity contribution in [1.29, 1.82) is 0 Å². The third kappa shape index (κ3) is 1.90. The summed E-state index contributed by atoms with van der Waals surface area (Å²) in [7, 11) is 0. The highest BCUT2D eigenvalue weighted by molar-refractivity contribution is 6.02. The summed E-state index contributed by atoms with van der Waals surface area (Å²) in [6.45, 7) is 2.87. The highest BCUT2D eigenvalue weighted by Crippen LogP contribution is 2.35. The number of carbonyl (C=O) groups is 1. The molecule has 1 aromatic rings. The van der Waals surface area contributed by atoms with Crippen LogP contribution < -0.4 is 10.6 Å². The van der Waals surface area contributed by atoms with E-state index in [1.807, 2.05) is 13.0 Å². The van der Waals surface area contributed by atoms with Crippen molar-refractivity contribution in [3.05, 3.63) is 29.1 Å². The quantitative estimate of drug-likeness (QED) is 0.842. The Kier molecular flexibility index (Phi) is 2.82. The summed E-state index contributed by atoms with van der Waals surface area (Å²) in [6, 6.07) is 3.97. The zero-order chi connectivity index (χ0) is 12.7. The number of hydrogen-bond donors (Lipinski definition) is 2. The van der Waals surface area contributed by atoms with Crippen LogP contribution in [0.2, 0.25) is 0 Å². The molecule has 2 unspecified atom stereocenters. The summed E-state index contributed by atoms with van der Waals surface area (Å²) >= 11 is 0. The Morgan fingerprint density at radius 2 is 2.28 bits per heavy atom. The van der Waals surface area contributed by atoms with Crippen molar-refractivity contribution in [2.75, 3.05) is 11.9 Å². The van der Waals surface area contributed by atoms with Gasteiger partial charge in [-0.1, -0.05) is 6.07 Å². The molecule has 2 aliphatic heterocycles. The van der Waals surface area contributed by atoms with Gasteiger partial charge in [-0.3, -0.25) is 4.79 Å². The lowest BCUT2D eigenvalue weighted by molar-refractivity contribution is -0.116. The van der Waals surface area contributed by atoms with Gasteiger partial charge in [-0.25, -0.2) is 4.39 Å². The molecule has 2 aliphatic rings. The molecule has 0 radical (unpaired) electrons. The number of nitrogens with one attached hydrogen (secondary N) is 2. The smallest absolute Gasteiger partial charge is 0.231 e. The lowest BCUT2D eigenvalue weighted by Gasteiger charge is -2.12. The normalized spacial score (nSPS) is 26.2. The zero-order valence-corrected chi connectivity index (χ0v) is 10.4. The van der Waals surface area contributed by atoms with E-state index in [-0.39, 0.29) is 17.6 Å². The van der Waals surface area contributed by atoms with Gasteiger partial charge in [0.15, 0.2) is 0 Å². The minimum absolute atomic E-state index is 0.111. The predicted molar refractivity (Wildman–Crippen MR) is 68.2 cm³/mol. The van der Waals surface area contributed by atoms with Crippen LogP contribution in [-0.2, 0) is 11.2 Å². The number of benzene rings is 1. The van der Waals surface area contributed by atoms with Crippen molar-refractivity contribution in [2.45, 2.75) is 38.1 Å². The number of rotatable bonds is 2. The zero-order valence-electron chi connectivity index (χ0n) is 10.4. The van der Waals surface area contributed by atoms with Crippen molar-refractivity contribution < 1.29 is 9.18 Å². The van der Waals surface area contributed by atoms with E-state index in [0.29, 0.717) is 11.7 Å². The molecule has 1 fully saturated rings. The number of fused-ring (bicyclic) bond motifs is 1. The summed E-state index contributed by atoms with van der Waals surface area (Å²) < 4.78 is 13.9. The van der Waals surface area contributed by atoms with E-state index in [1.165, 1.54) is 6.42 Å². The maximum atomic E-state index is 13.9. The molecular formula is C14H17FN2O. The molecule has 3 rings (SSSR count). The maximum absolute atomic E-state index is 13.9. The summed E-state index contributed by atoms with van der Waals surface area (Å²) in [6.07, 6.45) is 3.17. The molecule has 96 valence electrons. The van der Waals surface area contributed by atoms with Crippen LogP contribution >= 0.6 is 0 Å². The number of halogens is 1. The number of carbonyl (C=O) groups excluding carboxylic acids is 1. The van der Waals surface area contributed by atoms with Crippen molar-refractivity contribution >= 4 is 11.6 Å². The molecule has 0 aliphatic carbocycles. The Balaban J connectivity index is 1.89. The van der Waals surface area contributed by atoms with Crippen LogP contribution in [-0.4, -0.2) is 18.5 Å². The standard InChI is InChI=1S/C14H17FN2O/c1-8-11-6-9(5-10-3-2-4-16-10)7-12(15)13(11)17-14(8)18/h6-8,10,16H,2-5H2,1H3,(H,17,18). The van der Waals surface area contributed by atoms with Gasteiger partial charge in [-0.2, -0.15) is 0 Å². The van der Waals surface area contributed by atoms with E-state index in [0.717, 1.165) is 30.5 Å². The Morgan fingerprint density at radius 1 is 1.44 bits per heavy atom. The molecule has 1 aromatic carbocycles. The average Bonchev–Trinajstić information content (AvgIpc) is 2.92.